The van der Waals surface area contributed by atoms with E-state index in [4.69, 9.17) is 15.2 Å². The minimum absolute atomic E-state index is 0.0203. The van der Waals surface area contributed by atoms with Crippen LogP contribution >= 0.6 is 0 Å². The molecule has 1 saturated carbocycles. The summed E-state index contributed by atoms with van der Waals surface area (Å²) in [7, 11) is 1.63. The Morgan fingerprint density at radius 1 is 1.06 bits per heavy atom. The van der Waals surface area contributed by atoms with Crippen LogP contribution in [0.1, 0.15) is 75.6 Å². The third-order valence-corrected chi connectivity index (χ3v) is 11.4. The van der Waals surface area contributed by atoms with Crippen LogP contribution in [0.5, 0.6) is 0 Å². The zero-order valence-electron chi connectivity index (χ0n) is 30.3. The number of benzene rings is 3. The first-order valence-electron chi connectivity index (χ1n) is 18.3. The molecule has 2 aliphatic heterocycles. The molecule has 3 N–H and O–H groups in total. The van der Waals surface area contributed by atoms with Crippen molar-refractivity contribution in [2.75, 3.05) is 25.5 Å². The van der Waals surface area contributed by atoms with Crippen molar-refractivity contribution < 1.29 is 18.3 Å². The molecule has 1 unspecified atom stereocenters. The van der Waals surface area contributed by atoms with Gasteiger partial charge in [0.25, 0.3) is 5.91 Å². The molecule has 1 atom stereocenters. The minimum atomic E-state index is -0.723. The van der Waals surface area contributed by atoms with Gasteiger partial charge >= 0.3 is 5.69 Å². The Morgan fingerprint density at radius 2 is 1.83 bits per heavy atom. The summed E-state index contributed by atoms with van der Waals surface area (Å²) in [5.41, 5.74) is 5.29. The molecular weight excluding hydrogens is 691 g/mol. The largest absolute Gasteiger partial charge is 0.388 e. The summed E-state index contributed by atoms with van der Waals surface area (Å²) in [6.07, 6.45) is 8.62. The Kier molecular flexibility index (Phi) is 7.96. The number of hydrogen-bond donors (Lipinski definition) is 3. The van der Waals surface area contributed by atoms with E-state index >= 15 is 4.39 Å². The van der Waals surface area contributed by atoms with Gasteiger partial charge in [0, 0.05) is 67.4 Å². The maximum Gasteiger partial charge on any atom is 0.338 e. The van der Waals surface area contributed by atoms with Gasteiger partial charge in [0.05, 0.1) is 34.8 Å². The molecule has 2 fully saturated rings. The predicted molar refractivity (Wildman–Crippen MR) is 202 cm³/mol. The Balaban J connectivity index is 1.09. The number of carbonyl (C=O) groups is 1. The number of imidazole rings is 1. The molecular formula is C41H40F2N8O3. The molecule has 1 spiro atoms. The zero-order chi connectivity index (χ0) is 37.5. The molecule has 5 heterocycles. The van der Waals surface area contributed by atoms with Gasteiger partial charge in [0.1, 0.15) is 17.3 Å². The van der Waals surface area contributed by atoms with Crippen LogP contribution in [0, 0.1) is 30.9 Å². The number of aromatic amines is 1. The standard InChI is InChI=1S/C41H40F2N8O3/c1-23-16-28(17-24(2)36(23)42)51-38(50-14-13-49(40(50)53)35-7-6-32(45-3)29(21-44)37(35)43)30-22-48(12-8-33(30)47-51)39(52)34-19-27-18-25(4-5-31(27)46-34)26-9-15-54-41(20-26)10-11-41/h4-7,13-14,16-19,21,26,44-46H,8-12,15,20,22H2,1-3H3. The van der Waals surface area contributed by atoms with Crippen LogP contribution in [0.2, 0.25) is 0 Å². The Labute approximate surface area is 309 Å². The van der Waals surface area contributed by atoms with E-state index in [1.54, 1.807) is 48.7 Å². The van der Waals surface area contributed by atoms with Crippen molar-refractivity contribution in [2.45, 2.75) is 64.0 Å². The number of hydrogen-bond acceptors (Lipinski definition) is 6. The number of anilines is 1. The van der Waals surface area contributed by atoms with Gasteiger partial charge in [0.15, 0.2) is 5.82 Å². The van der Waals surface area contributed by atoms with Gasteiger partial charge < -0.3 is 25.3 Å². The second kappa shape index (κ2) is 12.7. The monoisotopic (exact) mass is 730 g/mol. The van der Waals surface area contributed by atoms with E-state index in [1.807, 2.05) is 6.07 Å². The first kappa shape index (κ1) is 34.0. The summed E-state index contributed by atoms with van der Waals surface area (Å²) >= 11 is 0. The number of aromatic nitrogens is 5. The average molecular weight is 731 g/mol. The topological polar surface area (TPSA) is 126 Å². The van der Waals surface area contributed by atoms with Crippen LogP contribution in [-0.2, 0) is 17.7 Å². The number of nitrogens with zero attached hydrogens (tertiary/aromatic N) is 5. The van der Waals surface area contributed by atoms with Gasteiger partial charge in [-0.2, -0.15) is 5.10 Å². The first-order chi connectivity index (χ1) is 26.1. The van der Waals surface area contributed by atoms with Crippen molar-refractivity contribution in [3.05, 3.63) is 122 Å². The lowest BCUT2D eigenvalue weighted by Crippen LogP contribution is -2.36. The number of rotatable bonds is 7. The first-order valence-corrected chi connectivity index (χ1v) is 18.3. The predicted octanol–water partition coefficient (Wildman–Crippen LogP) is 6.85. The Bertz CT molecular complexity index is 2550. The van der Waals surface area contributed by atoms with Gasteiger partial charge in [-0.05, 0) is 105 Å². The highest BCUT2D eigenvalue weighted by Crippen LogP contribution is 2.50. The molecule has 54 heavy (non-hydrogen) atoms. The van der Waals surface area contributed by atoms with Crippen molar-refractivity contribution in [1.29, 1.82) is 5.41 Å². The van der Waals surface area contributed by atoms with Crippen LogP contribution in [-0.4, -0.2) is 66.7 Å². The molecule has 1 aliphatic carbocycles. The molecule has 11 nitrogen and oxygen atoms in total. The van der Waals surface area contributed by atoms with E-state index in [0.29, 0.717) is 64.2 Å². The summed E-state index contributed by atoms with van der Waals surface area (Å²) in [6.45, 7) is 4.69. The van der Waals surface area contributed by atoms with Gasteiger partial charge in [0.2, 0.25) is 0 Å². The molecule has 13 heteroatoms. The molecule has 3 aromatic heterocycles. The number of amides is 1. The number of ether oxygens (including phenoxy) is 1. The molecule has 276 valence electrons. The minimum Gasteiger partial charge on any atom is -0.388 e. The summed E-state index contributed by atoms with van der Waals surface area (Å²) in [5.74, 6) is -0.417. The fourth-order valence-corrected chi connectivity index (χ4v) is 8.34. The molecule has 0 radical (unpaired) electrons. The zero-order valence-corrected chi connectivity index (χ0v) is 30.3. The lowest BCUT2D eigenvalue weighted by molar-refractivity contribution is -0.0132. The summed E-state index contributed by atoms with van der Waals surface area (Å²) < 4.78 is 40.8. The van der Waals surface area contributed by atoms with Gasteiger partial charge in [-0.1, -0.05) is 6.07 Å². The summed E-state index contributed by atoms with van der Waals surface area (Å²) in [4.78, 5) is 33.5. The average Bonchev–Trinajstić information content (AvgIpc) is 3.47. The molecule has 6 aromatic rings. The number of fused-ring (bicyclic) bond motifs is 2. The number of H-pyrrole nitrogens is 1. The lowest BCUT2D eigenvalue weighted by Gasteiger charge is -2.30. The van der Waals surface area contributed by atoms with E-state index in [1.165, 1.54) is 33.2 Å². The Morgan fingerprint density at radius 3 is 2.57 bits per heavy atom. The van der Waals surface area contributed by atoms with Gasteiger partial charge in [-0.3, -0.25) is 13.9 Å². The van der Waals surface area contributed by atoms with E-state index < -0.39 is 11.5 Å². The molecule has 9 rings (SSSR count). The molecule has 3 aromatic carbocycles. The van der Waals surface area contributed by atoms with Crippen LogP contribution < -0.4 is 11.0 Å². The quantitative estimate of drug-likeness (QED) is 0.155. The smallest absolute Gasteiger partial charge is 0.338 e. The molecule has 3 aliphatic rings. The van der Waals surface area contributed by atoms with Crippen LogP contribution in [0.4, 0.5) is 14.5 Å². The van der Waals surface area contributed by atoms with Crippen molar-refractivity contribution in [2.24, 2.45) is 0 Å². The normalized spacial score (nSPS) is 17.6. The van der Waals surface area contributed by atoms with Crippen molar-refractivity contribution >= 4 is 28.7 Å². The highest BCUT2D eigenvalue weighted by molar-refractivity contribution is 5.98. The van der Waals surface area contributed by atoms with Crippen molar-refractivity contribution in [1.82, 2.24) is 28.8 Å². The summed E-state index contributed by atoms with van der Waals surface area (Å²) in [5, 5.41) is 16.6. The number of nitrogens with one attached hydrogen (secondary N) is 3. The lowest BCUT2D eigenvalue weighted by atomic mass is 9.87. The van der Waals surface area contributed by atoms with Gasteiger partial charge in [-0.25, -0.2) is 18.3 Å². The third kappa shape index (κ3) is 5.48. The number of halogens is 2. The highest BCUT2D eigenvalue weighted by atomic mass is 19.1. The highest BCUT2D eigenvalue weighted by Gasteiger charge is 2.48. The van der Waals surface area contributed by atoms with Crippen LogP contribution in [0.3, 0.4) is 0 Å². The van der Waals surface area contributed by atoms with E-state index in [9.17, 15) is 14.0 Å². The van der Waals surface area contributed by atoms with Crippen LogP contribution in [0.15, 0.2) is 65.7 Å². The maximum absolute atomic E-state index is 15.7. The van der Waals surface area contributed by atoms with Gasteiger partial charge in [-0.15, -0.1) is 0 Å². The molecule has 1 amide bonds. The maximum atomic E-state index is 15.7. The van der Waals surface area contributed by atoms with E-state index in [2.05, 4.69) is 28.5 Å². The SMILES string of the molecule is CNc1ccc(-n2ccn(-c3c4c(nn3-c3cc(C)c(F)c(C)c3)CCN(C(=O)c3cc5cc(C6CCOC7(CC7)C6)ccc5[nH]3)C4)c2=O)c(F)c1C=N. The van der Waals surface area contributed by atoms with Crippen molar-refractivity contribution in [3.8, 4) is 17.2 Å². The number of aryl methyl sites for hydroxylation is 2. The third-order valence-electron chi connectivity index (χ3n) is 11.4. The number of carbonyl (C=O) groups excluding carboxylic acids is 1. The van der Waals surface area contributed by atoms with Crippen molar-refractivity contribution in [3.63, 3.8) is 0 Å². The Hall–Kier alpha value is -5.82. The summed E-state index contributed by atoms with van der Waals surface area (Å²) in [6, 6.07) is 14.8. The molecule has 0 bridgehead atoms. The fourth-order valence-electron chi connectivity index (χ4n) is 8.34. The second-order valence-corrected chi connectivity index (χ2v) is 14.9. The fraction of sp³-hybridized carbons (Fsp3) is 0.317. The molecule has 1 saturated heterocycles. The van der Waals surface area contributed by atoms with Crippen LogP contribution in [0.25, 0.3) is 28.1 Å². The van der Waals surface area contributed by atoms with E-state index in [0.717, 1.165) is 49.4 Å². The van der Waals surface area contributed by atoms with E-state index in [-0.39, 0.29) is 35.1 Å². The second-order valence-electron chi connectivity index (χ2n) is 14.9.